The molecule has 2 N–H and O–H groups in total. The highest BCUT2D eigenvalue weighted by Gasteiger charge is 2.32. The van der Waals surface area contributed by atoms with Crippen molar-refractivity contribution in [1.82, 2.24) is 10.3 Å². The highest BCUT2D eigenvalue weighted by atomic mass is 32.2. The minimum atomic E-state index is -0.394. The molecule has 0 unspecified atom stereocenters. The molecule has 6 heteroatoms. The number of amides is 1. The largest absolute Gasteiger partial charge is 0.497 e. The first-order valence-corrected chi connectivity index (χ1v) is 13.2. The van der Waals surface area contributed by atoms with Crippen molar-refractivity contribution in [1.29, 1.82) is 0 Å². The number of benzene rings is 4. The van der Waals surface area contributed by atoms with Crippen LogP contribution in [0.15, 0.2) is 102 Å². The number of ether oxygens (including phenoxy) is 2. The van der Waals surface area contributed by atoms with Crippen molar-refractivity contribution in [2.45, 2.75) is 10.8 Å². The van der Waals surface area contributed by atoms with Gasteiger partial charge in [-0.25, -0.2) is 0 Å². The predicted molar refractivity (Wildman–Crippen MR) is 149 cm³/mol. The van der Waals surface area contributed by atoms with Gasteiger partial charge in [-0.2, -0.15) is 0 Å². The Morgan fingerprint density at radius 1 is 0.892 bits per heavy atom. The summed E-state index contributed by atoms with van der Waals surface area (Å²) in [6, 6.07) is 31.9. The Morgan fingerprint density at radius 3 is 2.24 bits per heavy atom. The van der Waals surface area contributed by atoms with Crippen molar-refractivity contribution in [2.24, 2.45) is 0 Å². The molecule has 1 aliphatic rings. The molecule has 0 spiro atoms. The average molecular weight is 507 g/mol. The second-order valence-corrected chi connectivity index (χ2v) is 9.96. The number of nitrogens with one attached hydrogen (secondary N) is 2. The molecule has 0 radical (unpaired) electrons. The number of carbonyl (C=O) groups is 1. The van der Waals surface area contributed by atoms with Crippen molar-refractivity contribution in [3.63, 3.8) is 0 Å². The second-order valence-electron chi connectivity index (χ2n) is 8.85. The molecule has 0 fully saturated rings. The van der Waals surface area contributed by atoms with Gasteiger partial charge in [0.05, 0.1) is 18.7 Å². The maximum atomic E-state index is 13.5. The zero-order valence-electron chi connectivity index (χ0n) is 20.4. The lowest BCUT2D eigenvalue weighted by Crippen LogP contribution is -2.33. The molecule has 1 amide bonds. The van der Waals surface area contributed by atoms with Crippen LogP contribution >= 0.6 is 11.8 Å². The fourth-order valence-corrected chi connectivity index (χ4v) is 5.90. The number of hydrogen-bond donors (Lipinski definition) is 2. The number of fused-ring (bicyclic) bond motifs is 3. The van der Waals surface area contributed by atoms with Gasteiger partial charge >= 0.3 is 0 Å². The number of aromatic amines is 1. The van der Waals surface area contributed by atoms with E-state index < -0.39 is 5.92 Å². The summed E-state index contributed by atoms with van der Waals surface area (Å²) in [7, 11) is 1.67. The summed E-state index contributed by atoms with van der Waals surface area (Å²) in [5.74, 6) is 2.63. The molecular weight excluding hydrogens is 480 g/mol. The maximum absolute atomic E-state index is 13.5. The molecule has 1 aromatic heterocycles. The number of para-hydroxylation sites is 3. The third-order valence-corrected chi connectivity index (χ3v) is 7.75. The van der Waals surface area contributed by atoms with Gasteiger partial charge in [-0.15, -0.1) is 11.8 Å². The fraction of sp³-hybridized carbons (Fsp3) is 0.129. The zero-order chi connectivity index (χ0) is 25.2. The van der Waals surface area contributed by atoms with E-state index in [9.17, 15) is 4.79 Å². The minimum absolute atomic E-state index is 0.0156. The van der Waals surface area contributed by atoms with E-state index >= 15 is 0 Å². The number of rotatable bonds is 7. The third-order valence-electron chi connectivity index (χ3n) is 6.63. The van der Waals surface area contributed by atoms with E-state index in [4.69, 9.17) is 9.47 Å². The summed E-state index contributed by atoms with van der Waals surface area (Å²) in [6.45, 7) is 0.548. The van der Waals surface area contributed by atoms with Gasteiger partial charge in [0.25, 0.3) is 0 Å². The second kappa shape index (κ2) is 10.1. The smallest absolute Gasteiger partial charge is 0.232 e. The van der Waals surface area contributed by atoms with Crippen molar-refractivity contribution < 1.29 is 14.3 Å². The predicted octanol–water partition coefficient (Wildman–Crippen LogP) is 6.99. The summed E-state index contributed by atoms with van der Waals surface area (Å²) >= 11 is 1.75. The Balaban J connectivity index is 1.20. The van der Waals surface area contributed by atoms with Crippen molar-refractivity contribution in [3.8, 4) is 28.5 Å². The maximum Gasteiger partial charge on any atom is 0.232 e. The van der Waals surface area contributed by atoms with Gasteiger partial charge in [0.1, 0.15) is 17.2 Å². The van der Waals surface area contributed by atoms with Crippen LogP contribution < -0.4 is 14.8 Å². The van der Waals surface area contributed by atoms with E-state index in [2.05, 4.69) is 40.6 Å². The lowest BCUT2D eigenvalue weighted by molar-refractivity contribution is -0.121. The Morgan fingerprint density at radius 2 is 1.54 bits per heavy atom. The van der Waals surface area contributed by atoms with E-state index in [1.54, 1.807) is 18.9 Å². The van der Waals surface area contributed by atoms with E-state index in [1.807, 2.05) is 66.7 Å². The van der Waals surface area contributed by atoms with Crippen LogP contribution in [0.5, 0.6) is 17.2 Å². The van der Waals surface area contributed by atoms with Crippen molar-refractivity contribution >= 4 is 28.6 Å². The lowest BCUT2D eigenvalue weighted by atomic mass is 9.87. The topological polar surface area (TPSA) is 63.3 Å². The minimum Gasteiger partial charge on any atom is -0.497 e. The van der Waals surface area contributed by atoms with Crippen LogP contribution in [-0.2, 0) is 4.79 Å². The number of aromatic nitrogens is 1. The van der Waals surface area contributed by atoms with Crippen LogP contribution in [0.2, 0.25) is 0 Å². The first kappa shape index (κ1) is 23.3. The van der Waals surface area contributed by atoms with Crippen LogP contribution in [0.1, 0.15) is 17.0 Å². The molecule has 5 aromatic rings. The van der Waals surface area contributed by atoms with Crippen LogP contribution in [0.3, 0.4) is 0 Å². The monoisotopic (exact) mass is 506 g/mol. The molecule has 4 aromatic carbocycles. The van der Waals surface area contributed by atoms with E-state index in [1.165, 1.54) is 10.3 Å². The SMILES string of the molecule is COc1ccc(-c2[nH]c3ccccc3c2SCCNC(=O)C2c3ccccc3Oc3ccccc32)cc1. The van der Waals surface area contributed by atoms with Crippen molar-refractivity contribution in [3.05, 3.63) is 108 Å². The zero-order valence-corrected chi connectivity index (χ0v) is 21.2. The summed E-state index contributed by atoms with van der Waals surface area (Å²) < 4.78 is 11.4. The number of methoxy groups -OCH3 is 1. The van der Waals surface area contributed by atoms with Crippen molar-refractivity contribution in [2.75, 3.05) is 19.4 Å². The lowest BCUT2D eigenvalue weighted by Gasteiger charge is -2.27. The number of carbonyl (C=O) groups excluding carboxylic acids is 1. The molecule has 2 heterocycles. The molecule has 0 saturated carbocycles. The van der Waals surface area contributed by atoms with Gasteiger partial charge in [0, 0.05) is 39.2 Å². The average Bonchev–Trinajstić information content (AvgIpc) is 3.32. The first-order valence-electron chi connectivity index (χ1n) is 12.2. The summed E-state index contributed by atoms with van der Waals surface area (Å²) in [5.41, 5.74) is 5.05. The summed E-state index contributed by atoms with van der Waals surface area (Å²) in [5, 5.41) is 4.35. The van der Waals surface area contributed by atoms with Gasteiger partial charge in [0.15, 0.2) is 0 Å². The molecule has 0 aliphatic carbocycles. The highest BCUT2D eigenvalue weighted by molar-refractivity contribution is 7.99. The number of thioether (sulfide) groups is 1. The van der Waals surface area contributed by atoms with Gasteiger partial charge in [-0.3, -0.25) is 4.79 Å². The first-order chi connectivity index (χ1) is 18.2. The Labute approximate surface area is 219 Å². The molecule has 184 valence electrons. The van der Waals surface area contributed by atoms with Gasteiger partial charge < -0.3 is 19.8 Å². The third kappa shape index (κ3) is 4.45. The molecule has 0 bridgehead atoms. The molecule has 5 nitrogen and oxygen atoms in total. The molecular formula is C31H26N2O3S. The molecule has 0 saturated heterocycles. The molecule has 6 rings (SSSR count). The summed E-state index contributed by atoms with van der Waals surface area (Å²) in [4.78, 5) is 18.2. The molecule has 37 heavy (non-hydrogen) atoms. The quantitative estimate of drug-likeness (QED) is 0.184. The normalized spacial score (nSPS) is 12.5. The Hall–Kier alpha value is -4.16. The molecule has 0 atom stereocenters. The van der Waals surface area contributed by atoms with E-state index in [-0.39, 0.29) is 5.91 Å². The highest BCUT2D eigenvalue weighted by Crippen LogP contribution is 2.44. The van der Waals surface area contributed by atoms with E-state index in [0.29, 0.717) is 6.54 Å². The summed E-state index contributed by atoms with van der Waals surface area (Å²) in [6.07, 6.45) is 0. The van der Waals surface area contributed by atoms with Gasteiger partial charge in [0.2, 0.25) is 5.91 Å². The Kier molecular flexibility index (Phi) is 6.33. The molecule has 1 aliphatic heterocycles. The van der Waals surface area contributed by atoms with Gasteiger partial charge in [-0.1, -0.05) is 54.6 Å². The van der Waals surface area contributed by atoms with Crippen LogP contribution in [0, 0.1) is 0 Å². The van der Waals surface area contributed by atoms with E-state index in [0.717, 1.165) is 50.9 Å². The number of H-pyrrole nitrogens is 1. The van der Waals surface area contributed by atoms with Gasteiger partial charge in [-0.05, 0) is 48.0 Å². The standard InChI is InChI=1S/C31H26N2O3S/c1-35-21-16-14-20(15-17-21)29-30(22-8-2-5-11-25(22)33-29)37-19-18-32-31(34)28-23-9-3-6-12-26(23)36-27-13-7-4-10-24(27)28/h2-17,28,33H,18-19H2,1H3,(H,32,34). The van der Waals surface area contributed by atoms with Crippen LogP contribution in [0.4, 0.5) is 0 Å². The Bertz CT molecular complexity index is 1530. The van der Waals surface area contributed by atoms with Crippen LogP contribution in [-0.4, -0.2) is 30.3 Å². The van der Waals surface area contributed by atoms with Crippen LogP contribution in [0.25, 0.3) is 22.2 Å². The number of hydrogen-bond acceptors (Lipinski definition) is 4. The fourth-order valence-electron chi connectivity index (χ4n) is 4.85.